The summed E-state index contributed by atoms with van der Waals surface area (Å²) < 4.78 is 14.0. The highest BCUT2D eigenvalue weighted by Crippen LogP contribution is 2.26. The van der Waals surface area contributed by atoms with Crippen LogP contribution in [0.5, 0.6) is 0 Å². The van der Waals surface area contributed by atoms with Crippen LogP contribution in [0.4, 0.5) is 4.39 Å². The molecule has 2 rings (SSSR count). The molecule has 1 atom stereocenters. The van der Waals surface area contributed by atoms with Crippen LogP contribution in [0.15, 0.2) is 48.5 Å². The number of halogens is 1. The molecule has 2 aromatic rings. The standard InChI is InChI=1S/C15H13FO2.C4H11NO/c1-10(15(17)18)12-7-8-13(14(16)9-12)11-5-3-2-4-6-11;1-4(2,5)3-6/h2-10H,1H3,(H,17,18);6H,3,5H2,1-2H3. The molecule has 0 spiro atoms. The van der Waals surface area contributed by atoms with Crippen LogP contribution >= 0.6 is 0 Å². The second-order valence-corrected chi connectivity index (χ2v) is 6.31. The second-order valence-electron chi connectivity index (χ2n) is 6.31. The minimum Gasteiger partial charge on any atom is -0.481 e. The third-order valence-corrected chi connectivity index (χ3v) is 3.36. The molecule has 2 aromatic carbocycles. The zero-order valence-corrected chi connectivity index (χ0v) is 14.2. The van der Waals surface area contributed by atoms with E-state index in [9.17, 15) is 9.18 Å². The molecule has 4 N–H and O–H groups in total. The predicted octanol–water partition coefficient (Wildman–Crippen LogP) is 3.40. The number of carboxylic acid groups (broad SMARTS) is 1. The molecular formula is C19H24FNO3. The zero-order valence-electron chi connectivity index (χ0n) is 14.2. The van der Waals surface area contributed by atoms with E-state index in [0.717, 1.165) is 5.56 Å². The van der Waals surface area contributed by atoms with Crippen molar-refractivity contribution in [2.45, 2.75) is 32.2 Å². The van der Waals surface area contributed by atoms with Gasteiger partial charge < -0.3 is 15.9 Å². The Kier molecular flexibility index (Phi) is 7.07. The highest BCUT2D eigenvalue weighted by Gasteiger charge is 2.15. The van der Waals surface area contributed by atoms with Crippen molar-refractivity contribution < 1.29 is 19.4 Å². The lowest BCUT2D eigenvalue weighted by molar-refractivity contribution is -0.138. The van der Waals surface area contributed by atoms with Crippen LogP contribution < -0.4 is 5.73 Å². The topological polar surface area (TPSA) is 83.5 Å². The van der Waals surface area contributed by atoms with Crippen molar-refractivity contribution in [3.63, 3.8) is 0 Å². The largest absolute Gasteiger partial charge is 0.481 e. The van der Waals surface area contributed by atoms with Gasteiger partial charge in [-0.25, -0.2) is 4.39 Å². The van der Waals surface area contributed by atoms with Gasteiger partial charge in [0.1, 0.15) is 5.82 Å². The number of aliphatic hydroxyl groups is 1. The first-order valence-electron chi connectivity index (χ1n) is 7.63. The molecule has 130 valence electrons. The summed E-state index contributed by atoms with van der Waals surface area (Å²) in [5.74, 6) is -2.06. The van der Waals surface area contributed by atoms with Crippen molar-refractivity contribution in [1.29, 1.82) is 0 Å². The Hall–Kier alpha value is -2.24. The molecule has 0 amide bonds. The summed E-state index contributed by atoms with van der Waals surface area (Å²) in [5.41, 5.74) is 6.62. The lowest BCUT2D eigenvalue weighted by Gasteiger charge is -2.12. The molecule has 4 nitrogen and oxygen atoms in total. The molecule has 5 heteroatoms. The molecule has 0 saturated carbocycles. The lowest BCUT2D eigenvalue weighted by atomic mass is 9.97. The third-order valence-electron chi connectivity index (χ3n) is 3.36. The highest BCUT2D eigenvalue weighted by molar-refractivity contribution is 5.76. The number of hydrogen-bond donors (Lipinski definition) is 3. The smallest absolute Gasteiger partial charge is 0.310 e. The van der Waals surface area contributed by atoms with Gasteiger partial charge in [0, 0.05) is 11.1 Å². The van der Waals surface area contributed by atoms with Crippen LogP contribution in [0, 0.1) is 5.82 Å². The van der Waals surface area contributed by atoms with Crippen LogP contribution in [0.1, 0.15) is 32.3 Å². The van der Waals surface area contributed by atoms with Gasteiger partial charge in [-0.1, -0.05) is 42.5 Å². The Bertz CT molecular complexity index is 666. The maximum Gasteiger partial charge on any atom is 0.310 e. The summed E-state index contributed by atoms with van der Waals surface area (Å²) in [4.78, 5) is 10.8. The number of nitrogens with two attached hydrogens (primary N) is 1. The lowest BCUT2D eigenvalue weighted by Crippen LogP contribution is -2.35. The second kappa shape index (κ2) is 8.57. The molecule has 0 radical (unpaired) electrons. The fraction of sp³-hybridized carbons (Fsp3) is 0.316. The van der Waals surface area contributed by atoms with Gasteiger partial charge in [-0.15, -0.1) is 0 Å². The van der Waals surface area contributed by atoms with Crippen LogP contribution in [-0.2, 0) is 4.79 Å². The highest BCUT2D eigenvalue weighted by atomic mass is 19.1. The van der Waals surface area contributed by atoms with Crippen molar-refractivity contribution in [2.75, 3.05) is 6.61 Å². The first-order valence-corrected chi connectivity index (χ1v) is 7.63. The quantitative estimate of drug-likeness (QED) is 0.801. The molecule has 0 fully saturated rings. The monoisotopic (exact) mass is 333 g/mol. The molecular weight excluding hydrogens is 309 g/mol. The summed E-state index contributed by atoms with van der Waals surface area (Å²) in [6.45, 7) is 5.13. The first-order chi connectivity index (χ1) is 11.2. The maximum absolute atomic E-state index is 14.0. The molecule has 0 bridgehead atoms. The summed E-state index contributed by atoms with van der Waals surface area (Å²) in [6, 6.07) is 13.7. The summed E-state index contributed by atoms with van der Waals surface area (Å²) in [5, 5.41) is 17.2. The Balaban J connectivity index is 0.000000413. The van der Waals surface area contributed by atoms with Crippen molar-refractivity contribution in [1.82, 2.24) is 0 Å². The Morgan fingerprint density at radius 2 is 1.75 bits per heavy atom. The van der Waals surface area contributed by atoms with Crippen LogP contribution in [0.3, 0.4) is 0 Å². The molecule has 0 aliphatic carbocycles. The minimum absolute atomic E-state index is 0.0486. The molecule has 0 saturated heterocycles. The van der Waals surface area contributed by atoms with Crippen molar-refractivity contribution in [3.8, 4) is 11.1 Å². The van der Waals surface area contributed by atoms with Gasteiger partial charge >= 0.3 is 5.97 Å². The van der Waals surface area contributed by atoms with Crippen LogP contribution in [0.2, 0.25) is 0 Å². The van der Waals surface area contributed by atoms with Gasteiger partial charge in [-0.2, -0.15) is 0 Å². The average molecular weight is 333 g/mol. The predicted molar refractivity (Wildman–Crippen MR) is 93.2 cm³/mol. The maximum atomic E-state index is 14.0. The normalized spacial score (nSPS) is 12.1. The molecule has 0 aliphatic heterocycles. The fourth-order valence-electron chi connectivity index (χ4n) is 1.80. The minimum atomic E-state index is -0.957. The number of aliphatic hydroxyl groups excluding tert-OH is 1. The summed E-state index contributed by atoms with van der Waals surface area (Å²) in [7, 11) is 0. The molecule has 0 heterocycles. The van der Waals surface area contributed by atoms with E-state index in [1.165, 1.54) is 6.07 Å². The SMILES string of the molecule is CC(C(=O)O)c1ccc(-c2ccccc2)c(F)c1.CC(C)(N)CO. The zero-order chi connectivity index (χ0) is 18.3. The van der Waals surface area contributed by atoms with E-state index in [2.05, 4.69) is 0 Å². The van der Waals surface area contributed by atoms with E-state index in [4.69, 9.17) is 15.9 Å². The van der Waals surface area contributed by atoms with Gasteiger partial charge in [-0.05, 0) is 38.0 Å². The summed E-state index contributed by atoms with van der Waals surface area (Å²) >= 11 is 0. The van der Waals surface area contributed by atoms with Gasteiger partial charge in [0.05, 0.1) is 12.5 Å². The number of carboxylic acids is 1. The van der Waals surface area contributed by atoms with Crippen molar-refractivity contribution in [3.05, 3.63) is 59.9 Å². The van der Waals surface area contributed by atoms with E-state index in [1.807, 2.05) is 30.3 Å². The Morgan fingerprint density at radius 1 is 1.21 bits per heavy atom. The number of benzene rings is 2. The summed E-state index contributed by atoms with van der Waals surface area (Å²) in [6.07, 6.45) is 0. The molecule has 0 aromatic heterocycles. The van der Waals surface area contributed by atoms with Gasteiger partial charge in [0.25, 0.3) is 0 Å². The first kappa shape index (κ1) is 19.8. The number of aliphatic carboxylic acids is 1. The van der Waals surface area contributed by atoms with Crippen molar-refractivity contribution in [2.24, 2.45) is 5.73 Å². The van der Waals surface area contributed by atoms with Gasteiger partial charge in [0.2, 0.25) is 0 Å². The van der Waals surface area contributed by atoms with E-state index < -0.39 is 23.2 Å². The molecule has 24 heavy (non-hydrogen) atoms. The van der Waals surface area contributed by atoms with Crippen LogP contribution in [-0.4, -0.2) is 28.3 Å². The van der Waals surface area contributed by atoms with E-state index in [0.29, 0.717) is 11.1 Å². The Labute approximate surface area is 141 Å². The van der Waals surface area contributed by atoms with E-state index in [-0.39, 0.29) is 6.61 Å². The number of carbonyl (C=O) groups is 1. The molecule has 0 aliphatic rings. The van der Waals surface area contributed by atoms with E-state index >= 15 is 0 Å². The van der Waals surface area contributed by atoms with Gasteiger partial charge in [0.15, 0.2) is 0 Å². The fourth-order valence-corrected chi connectivity index (χ4v) is 1.80. The molecule has 1 unspecified atom stereocenters. The van der Waals surface area contributed by atoms with E-state index in [1.54, 1.807) is 32.9 Å². The van der Waals surface area contributed by atoms with Crippen molar-refractivity contribution >= 4 is 5.97 Å². The third kappa shape index (κ3) is 6.10. The number of hydrogen-bond acceptors (Lipinski definition) is 3. The Morgan fingerprint density at radius 3 is 2.17 bits per heavy atom. The van der Waals surface area contributed by atoms with Gasteiger partial charge in [-0.3, -0.25) is 4.79 Å². The average Bonchev–Trinajstić information content (AvgIpc) is 2.54. The number of rotatable bonds is 4. The van der Waals surface area contributed by atoms with Crippen LogP contribution in [0.25, 0.3) is 11.1 Å².